The molecule has 0 saturated heterocycles. The van der Waals surface area contributed by atoms with Crippen LogP contribution in [0.4, 0.5) is 4.79 Å². The van der Waals surface area contributed by atoms with Crippen molar-refractivity contribution in [1.29, 1.82) is 5.41 Å². The molecule has 29 heavy (non-hydrogen) atoms. The number of esters is 1. The molecular weight excluding hydrogens is 382 g/mol. The number of guanidine groups is 1. The second kappa shape index (κ2) is 11.5. The molecule has 0 aliphatic rings. The second-order valence-electron chi connectivity index (χ2n) is 7.11. The van der Waals surface area contributed by atoms with E-state index in [1.54, 1.807) is 38.3 Å². The topological polar surface area (TPSA) is 156 Å². The Morgan fingerprint density at radius 1 is 1.24 bits per heavy atom. The van der Waals surface area contributed by atoms with Gasteiger partial charge in [0.15, 0.2) is 5.03 Å². The van der Waals surface area contributed by atoms with E-state index in [2.05, 4.69) is 10.6 Å². The van der Waals surface area contributed by atoms with Crippen molar-refractivity contribution in [2.24, 2.45) is 0 Å². The van der Waals surface area contributed by atoms with Gasteiger partial charge in [-0.25, -0.2) is 19.7 Å². The van der Waals surface area contributed by atoms with Gasteiger partial charge in [0.2, 0.25) is 0 Å². The maximum absolute atomic E-state index is 12.4. The Morgan fingerprint density at radius 2 is 1.90 bits per heavy atom. The average molecular weight is 409 g/mol. The SMILES string of the molecule is CC(C)(C)OC(=O)N[C@@H](CCCNC(=N)N[N+](=O)[O-])C(=O)OCc1ccccc1. The van der Waals surface area contributed by atoms with Gasteiger partial charge in [-0.3, -0.25) is 5.41 Å². The summed E-state index contributed by atoms with van der Waals surface area (Å²) in [6.45, 7) is 5.34. The van der Waals surface area contributed by atoms with Crippen LogP contribution in [0.2, 0.25) is 0 Å². The van der Waals surface area contributed by atoms with Gasteiger partial charge < -0.3 is 20.1 Å². The predicted octanol–water partition coefficient (Wildman–Crippen LogP) is 1.71. The highest BCUT2D eigenvalue weighted by atomic mass is 16.7. The standard InChI is InChI=1S/C18H27N5O6/c1-18(2,3)29-17(25)21-14(10-7-11-20-16(19)22-23(26)27)15(24)28-12-13-8-5-4-6-9-13/h4-6,8-9,14H,7,10-12H2,1-3H3,(H,21,25)(H3,19,20,22)/t14-/m0/s1. The third-order valence-corrected chi connectivity index (χ3v) is 3.37. The number of nitrogens with zero attached hydrogens (tertiary/aromatic N) is 1. The van der Waals surface area contributed by atoms with Gasteiger partial charge in [-0.1, -0.05) is 35.8 Å². The molecule has 0 aliphatic heterocycles. The fraction of sp³-hybridized carbons (Fsp3) is 0.500. The number of alkyl carbamates (subject to hydrolysis) is 1. The minimum absolute atomic E-state index is 0.0574. The van der Waals surface area contributed by atoms with Gasteiger partial charge in [0, 0.05) is 6.54 Å². The number of benzene rings is 1. The average Bonchev–Trinajstić information content (AvgIpc) is 2.61. The minimum atomic E-state index is -0.965. The second-order valence-corrected chi connectivity index (χ2v) is 7.11. The molecule has 1 rings (SSSR count). The summed E-state index contributed by atoms with van der Waals surface area (Å²) in [6, 6.07) is 8.13. The first-order valence-corrected chi connectivity index (χ1v) is 9.00. The zero-order chi connectivity index (χ0) is 21.9. The molecule has 11 nitrogen and oxygen atoms in total. The van der Waals surface area contributed by atoms with E-state index in [0.29, 0.717) is 6.42 Å². The van der Waals surface area contributed by atoms with Crippen molar-refractivity contribution in [2.45, 2.75) is 51.9 Å². The van der Waals surface area contributed by atoms with Crippen molar-refractivity contribution in [1.82, 2.24) is 16.1 Å². The van der Waals surface area contributed by atoms with Gasteiger partial charge in [0.1, 0.15) is 18.2 Å². The first-order chi connectivity index (χ1) is 13.6. The fourth-order valence-electron chi connectivity index (χ4n) is 2.18. The van der Waals surface area contributed by atoms with Crippen molar-refractivity contribution < 1.29 is 24.1 Å². The van der Waals surface area contributed by atoms with Gasteiger partial charge in [0.05, 0.1) is 0 Å². The number of hydrazine groups is 1. The zero-order valence-corrected chi connectivity index (χ0v) is 16.7. The predicted molar refractivity (Wildman–Crippen MR) is 104 cm³/mol. The first kappa shape index (κ1) is 23.7. The van der Waals surface area contributed by atoms with Crippen LogP contribution < -0.4 is 16.1 Å². The number of rotatable bonds is 9. The van der Waals surface area contributed by atoms with E-state index in [1.165, 1.54) is 0 Å². The molecule has 0 aliphatic carbocycles. The monoisotopic (exact) mass is 409 g/mol. The Labute approximate surface area is 168 Å². The molecule has 0 bridgehead atoms. The van der Waals surface area contributed by atoms with Crippen molar-refractivity contribution in [3.63, 3.8) is 0 Å². The molecule has 4 N–H and O–H groups in total. The molecule has 0 aromatic heterocycles. The molecule has 1 aromatic rings. The van der Waals surface area contributed by atoms with Crippen LogP contribution in [0.3, 0.4) is 0 Å². The minimum Gasteiger partial charge on any atom is -0.459 e. The molecular formula is C18H27N5O6. The van der Waals surface area contributed by atoms with Crippen LogP contribution in [0.25, 0.3) is 0 Å². The van der Waals surface area contributed by atoms with Crippen LogP contribution in [-0.4, -0.2) is 41.2 Å². The fourth-order valence-corrected chi connectivity index (χ4v) is 2.18. The smallest absolute Gasteiger partial charge is 0.408 e. The molecule has 11 heteroatoms. The molecule has 0 unspecified atom stereocenters. The van der Waals surface area contributed by atoms with Gasteiger partial charge in [-0.15, -0.1) is 0 Å². The highest BCUT2D eigenvalue weighted by Gasteiger charge is 2.25. The van der Waals surface area contributed by atoms with Crippen LogP contribution in [0.5, 0.6) is 0 Å². The lowest BCUT2D eigenvalue weighted by molar-refractivity contribution is -0.525. The zero-order valence-electron chi connectivity index (χ0n) is 16.7. The van der Waals surface area contributed by atoms with E-state index in [1.807, 2.05) is 18.2 Å². The lowest BCUT2D eigenvalue weighted by Gasteiger charge is -2.23. The molecule has 0 saturated carbocycles. The van der Waals surface area contributed by atoms with Crippen molar-refractivity contribution >= 4 is 18.0 Å². The summed E-state index contributed by atoms with van der Waals surface area (Å²) in [6.07, 6.45) is -0.233. The number of nitrogens with one attached hydrogen (secondary N) is 4. The maximum Gasteiger partial charge on any atom is 0.408 e. The molecule has 1 atom stereocenters. The van der Waals surface area contributed by atoms with E-state index >= 15 is 0 Å². The summed E-state index contributed by atoms with van der Waals surface area (Å²) in [5.41, 5.74) is 1.74. The number of amides is 1. The molecule has 0 heterocycles. The number of ether oxygens (including phenoxy) is 2. The Bertz CT molecular complexity index is 704. The molecule has 1 amide bonds. The summed E-state index contributed by atoms with van der Waals surface area (Å²) in [7, 11) is 0. The Balaban J connectivity index is 2.59. The number of carbonyl (C=O) groups is 2. The van der Waals surface area contributed by atoms with E-state index in [0.717, 1.165) is 5.56 Å². The Hall–Kier alpha value is -3.37. The molecule has 160 valence electrons. The lowest BCUT2D eigenvalue weighted by atomic mass is 10.1. The highest BCUT2D eigenvalue weighted by Crippen LogP contribution is 2.09. The van der Waals surface area contributed by atoms with Crippen LogP contribution in [0, 0.1) is 15.5 Å². The molecule has 1 aromatic carbocycles. The third kappa shape index (κ3) is 11.2. The van der Waals surface area contributed by atoms with E-state index < -0.39 is 34.7 Å². The normalized spacial score (nSPS) is 11.7. The van der Waals surface area contributed by atoms with Crippen LogP contribution >= 0.6 is 0 Å². The molecule has 0 fully saturated rings. The van der Waals surface area contributed by atoms with Gasteiger partial charge >= 0.3 is 12.1 Å². The van der Waals surface area contributed by atoms with Crippen LogP contribution in [-0.2, 0) is 20.9 Å². The summed E-state index contributed by atoms with van der Waals surface area (Å²) in [5.74, 6) is -1.10. The van der Waals surface area contributed by atoms with Crippen LogP contribution in [0.1, 0.15) is 39.2 Å². The number of nitro groups is 1. The number of hydrogen-bond donors (Lipinski definition) is 4. The lowest BCUT2D eigenvalue weighted by Crippen LogP contribution is -2.45. The van der Waals surface area contributed by atoms with Crippen LogP contribution in [0.15, 0.2) is 30.3 Å². The van der Waals surface area contributed by atoms with Gasteiger partial charge in [0.25, 0.3) is 5.96 Å². The van der Waals surface area contributed by atoms with E-state index in [9.17, 15) is 19.7 Å². The summed E-state index contributed by atoms with van der Waals surface area (Å²) >= 11 is 0. The summed E-state index contributed by atoms with van der Waals surface area (Å²) < 4.78 is 10.5. The third-order valence-electron chi connectivity index (χ3n) is 3.37. The highest BCUT2D eigenvalue weighted by molar-refractivity contribution is 5.81. The van der Waals surface area contributed by atoms with Crippen molar-refractivity contribution in [2.75, 3.05) is 6.54 Å². The number of hydrogen-bond acceptors (Lipinski definition) is 7. The quantitative estimate of drug-likeness (QED) is 0.120. The van der Waals surface area contributed by atoms with Crippen molar-refractivity contribution in [3.8, 4) is 0 Å². The molecule has 0 spiro atoms. The van der Waals surface area contributed by atoms with Gasteiger partial charge in [-0.2, -0.15) is 0 Å². The van der Waals surface area contributed by atoms with Crippen molar-refractivity contribution in [3.05, 3.63) is 46.0 Å². The summed E-state index contributed by atoms with van der Waals surface area (Å²) in [4.78, 5) is 34.7. The maximum atomic E-state index is 12.4. The molecule has 0 radical (unpaired) electrons. The largest absolute Gasteiger partial charge is 0.459 e. The van der Waals surface area contributed by atoms with E-state index in [4.69, 9.17) is 14.9 Å². The first-order valence-electron chi connectivity index (χ1n) is 9.00. The van der Waals surface area contributed by atoms with Gasteiger partial charge in [-0.05, 0) is 39.2 Å². The Morgan fingerprint density at radius 3 is 2.48 bits per heavy atom. The van der Waals surface area contributed by atoms with E-state index in [-0.39, 0.29) is 19.6 Å². The Kier molecular flexibility index (Phi) is 9.36. The number of carbonyl (C=O) groups excluding carboxylic acids is 2. The summed E-state index contributed by atoms with van der Waals surface area (Å²) in [5, 5.41) is 21.7.